The third kappa shape index (κ3) is 2.09. The van der Waals surface area contributed by atoms with E-state index in [0.29, 0.717) is 23.7 Å². The van der Waals surface area contributed by atoms with E-state index in [4.69, 9.17) is 4.74 Å². The Bertz CT molecular complexity index is 582. The van der Waals surface area contributed by atoms with E-state index in [1.807, 2.05) is 0 Å². The van der Waals surface area contributed by atoms with Gasteiger partial charge in [0.1, 0.15) is 0 Å². The minimum atomic E-state index is 0.107. The molecule has 4 fully saturated rings. The van der Waals surface area contributed by atoms with E-state index in [1.165, 1.54) is 44.9 Å². The highest BCUT2D eigenvalue weighted by Crippen LogP contribution is 2.64. The Morgan fingerprint density at radius 1 is 1.04 bits per heavy atom. The van der Waals surface area contributed by atoms with Crippen molar-refractivity contribution in [2.75, 3.05) is 0 Å². The number of nitrogens with one attached hydrogen (secondary N) is 1. The molecule has 4 saturated carbocycles. The quantitative estimate of drug-likeness (QED) is 0.836. The van der Waals surface area contributed by atoms with Crippen LogP contribution in [0.3, 0.4) is 0 Å². The smallest absolute Gasteiger partial charge is 0.243 e. The molecule has 1 heterocycles. The van der Waals surface area contributed by atoms with Gasteiger partial charge in [-0.15, -0.1) is 0 Å². The number of carbonyl (C=O) groups excluding carboxylic acids is 1. The van der Waals surface area contributed by atoms with Gasteiger partial charge in [-0.25, -0.2) is 0 Å². The normalized spacial score (nSPS) is 53.1. The molecule has 5 rings (SSSR count). The summed E-state index contributed by atoms with van der Waals surface area (Å²) < 4.78 is 6.45. The van der Waals surface area contributed by atoms with Crippen molar-refractivity contribution >= 4 is 5.91 Å². The lowest BCUT2D eigenvalue weighted by atomic mass is 9.48. The third-order valence-electron chi connectivity index (χ3n) is 8.48. The highest BCUT2D eigenvalue weighted by atomic mass is 16.5. The standard InChI is InChI=1S/C21H31NO2/c1-20-12-10-19(23)22-17(20)7-5-14-15-6-8-18(24-13-3-4-13)21(15,2)11-9-16(14)20/h10,12-18H,3-9,11H2,1-2H3,(H,22,23)/t14-,15-,16-,17+,18-,20+,21-/m0/s1. The first-order valence-corrected chi connectivity index (χ1v) is 10.2. The molecule has 0 aromatic rings. The van der Waals surface area contributed by atoms with Crippen LogP contribution < -0.4 is 5.32 Å². The zero-order valence-electron chi connectivity index (χ0n) is 15.1. The van der Waals surface area contributed by atoms with Crippen molar-refractivity contribution in [2.45, 2.75) is 83.5 Å². The molecule has 0 bridgehead atoms. The fourth-order valence-corrected chi connectivity index (χ4v) is 6.95. The molecular formula is C21H31NO2. The van der Waals surface area contributed by atoms with E-state index in [1.54, 1.807) is 6.08 Å². The van der Waals surface area contributed by atoms with Crippen LogP contribution in [0.4, 0.5) is 0 Å². The summed E-state index contributed by atoms with van der Waals surface area (Å²) in [7, 11) is 0. The molecule has 132 valence electrons. The molecule has 0 saturated heterocycles. The van der Waals surface area contributed by atoms with Gasteiger partial charge in [0.15, 0.2) is 0 Å². The summed E-state index contributed by atoms with van der Waals surface area (Å²) in [4.78, 5) is 11.8. The number of fused-ring (bicyclic) bond motifs is 5. The lowest BCUT2D eigenvalue weighted by Gasteiger charge is -2.58. The van der Waals surface area contributed by atoms with Crippen LogP contribution in [0.2, 0.25) is 0 Å². The minimum absolute atomic E-state index is 0.107. The van der Waals surface area contributed by atoms with Gasteiger partial charge in [-0.3, -0.25) is 4.79 Å². The fourth-order valence-electron chi connectivity index (χ4n) is 6.95. The summed E-state index contributed by atoms with van der Waals surface area (Å²) in [5.74, 6) is 2.47. The van der Waals surface area contributed by atoms with Gasteiger partial charge in [-0.2, -0.15) is 0 Å². The zero-order valence-corrected chi connectivity index (χ0v) is 15.1. The van der Waals surface area contributed by atoms with Crippen LogP contribution >= 0.6 is 0 Å². The first-order valence-electron chi connectivity index (χ1n) is 10.2. The van der Waals surface area contributed by atoms with E-state index in [2.05, 4.69) is 25.2 Å². The number of hydrogen-bond acceptors (Lipinski definition) is 2. The monoisotopic (exact) mass is 329 g/mol. The third-order valence-corrected chi connectivity index (χ3v) is 8.48. The average molecular weight is 329 g/mol. The molecule has 3 heteroatoms. The molecular weight excluding hydrogens is 298 g/mol. The summed E-state index contributed by atoms with van der Waals surface area (Å²) in [6, 6.07) is 0.348. The Morgan fingerprint density at radius 2 is 1.88 bits per heavy atom. The number of amides is 1. The molecule has 0 aromatic carbocycles. The highest BCUT2D eigenvalue weighted by Gasteiger charge is 2.60. The van der Waals surface area contributed by atoms with Crippen molar-refractivity contribution in [2.24, 2.45) is 28.6 Å². The average Bonchev–Trinajstić information content (AvgIpc) is 3.31. The van der Waals surface area contributed by atoms with Crippen molar-refractivity contribution < 1.29 is 9.53 Å². The molecule has 3 nitrogen and oxygen atoms in total. The topological polar surface area (TPSA) is 38.3 Å². The molecule has 1 amide bonds. The maximum absolute atomic E-state index is 11.8. The van der Waals surface area contributed by atoms with Gasteiger partial charge >= 0.3 is 0 Å². The SMILES string of the molecule is C[C@]12C=CC(=O)N[C@@H]1CC[C@@H]1[C@@H]2CC[C@]2(C)[C@@H](OC3CC3)CC[C@@H]12. The summed E-state index contributed by atoms with van der Waals surface area (Å²) >= 11 is 0. The maximum Gasteiger partial charge on any atom is 0.243 e. The largest absolute Gasteiger partial charge is 0.374 e. The van der Waals surface area contributed by atoms with Crippen LogP contribution in [0, 0.1) is 28.6 Å². The molecule has 0 spiro atoms. The Balaban J connectivity index is 1.42. The second kappa shape index (κ2) is 5.09. The minimum Gasteiger partial charge on any atom is -0.374 e. The summed E-state index contributed by atoms with van der Waals surface area (Å²) in [6.07, 6.45) is 15.4. The number of carbonyl (C=O) groups is 1. The number of rotatable bonds is 2. The molecule has 4 aliphatic carbocycles. The van der Waals surface area contributed by atoms with E-state index < -0.39 is 0 Å². The number of ether oxygens (including phenoxy) is 1. The lowest BCUT2D eigenvalue weighted by molar-refractivity contribution is -0.125. The molecule has 7 atom stereocenters. The molecule has 0 radical (unpaired) electrons. The van der Waals surface area contributed by atoms with Crippen LogP contribution in [0.1, 0.15) is 65.2 Å². The van der Waals surface area contributed by atoms with Crippen molar-refractivity contribution in [3.05, 3.63) is 12.2 Å². The van der Waals surface area contributed by atoms with Gasteiger partial charge in [-0.05, 0) is 80.6 Å². The van der Waals surface area contributed by atoms with Crippen LogP contribution in [-0.2, 0) is 9.53 Å². The Labute approximate surface area is 145 Å². The van der Waals surface area contributed by atoms with Crippen molar-refractivity contribution in [3.63, 3.8) is 0 Å². The Hall–Kier alpha value is -0.830. The van der Waals surface area contributed by atoms with Crippen LogP contribution in [0.25, 0.3) is 0 Å². The summed E-state index contributed by atoms with van der Waals surface area (Å²) in [6.45, 7) is 4.93. The number of hydrogen-bond donors (Lipinski definition) is 1. The molecule has 5 aliphatic rings. The summed E-state index contributed by atoms with van der Waals surface area (Å²) in [5.41, 5.74) is 0.558. The fraction of sp³-hybridized carbons (Fsp3) is 0.857. The molecule has 1 N–H and O–H groups in total. The van der Waals surface area contributed by atoms with Gasteiger partial charge < -0.3 is 10.1 Å². The molecule has 1 aliphatic heterocycles. The van der Waals surface area contributed by atoms with Crippen LogP contribution in [0.5, 0.6) is 0 Å². The molecule has 24 heavy (non-hydrogen) atoms. The van der Waals surface area contributed by atoms with E-state index in [-0.39, 0.29) is 11.3 Å². The van der Waals surface area contributed by atoms with Crippen molar-refractivity contribution in [1.29, 1.82) is 0 Å². The zero-order chi connectivity index (χ0) is 16.5. The van der Waals surface area contributed by atoms with Gasteiger partial charge in [-0.1, -0.05) is 19.9 Å². The van der Waals surface area contributed by atoms with Gasteiger partial charge in [0.25, 0.3) is 0 Å². The predicted octanol–water partition coefficient (Wildman–Crippen LogP) is 3.83. The first-order chi connectivity index (χ1) is 11.5. The van der Waals surface area contributed by atoms with Gasteiger partial charge in [0, 0.05) is 11.5 Å². The Kier molecular flexibility index (Phi) is 3.27. The van der Waals surface area contributed by atoms with Crippen molar-refractivity contribution in [3.8, 4) is 0 Å². The van der Waals surface area contributed by atoms with Crippen LogP contribution in [0.15, 0.2) is 12.2 Å². The second-order valence-electron chi connectivity index (χ2n) is 9.66. The lowest BCUT2D eigenvalue weighted by Crippen LogP contribution is -2.59. The molecule has 0 aromatic heterocycles. The van der Waals surface area contributed by atoms with E-state index in [9.17, 15) is 4.79 Å². The van der Waals surface area contributed by atoms with E-state index in [0.717, 1.165) is 24.2 Å². The van der Waals surface area contributed by atoms with Gasteiger partial charge in [0.05, 0.1) is 12.2 Å². The predicted molar refractivity (Wildman–Crippen MR) is 93.4 cm³/mol. The van der Waals surface area contributed by atoms with Crippen molar-refractivity contribution in [1.82, 2.24) is 5.32 Å². The summed E-state index contributed by atoms with van der Waals surface area (Å²) in [5, 5.41) is 3.25. The highest BCUT2D eigenvalue weighted by molar-refractivity contribution is 5.89. The molecule has 0 unspecified atom stereocenters. The Morgan fingerprint density at radius 3 is 2.67 bits per heavy atom. The van der Waals surface area contributed by atoms with E-state index >= 15 is 0 Å². The van der Waals surface area contributed by atoms with Gasteiger partial charge in [0.2, 0.25) is 5.91 Å². The first kappa shape index (κ1) is 15.4. The maximum atomic E-state index is 11.8. The second-order valence-corrected chi connectivity index (χ2v) is 9.66. The van der Waals surface area contributed by atoms with Crippen LogP contribution in [-0.4, -0.2) is 24.2 Å².